The molecule has 1 N–H and O–H groups in total. The third-order valence-electron chi connectivity index (χ3n) is 4.86. The number of nitrogens with zero attached hydrogens (tertiary/aromatic N) is 1. The summed E-state index contributed by atoms with van der Waals surface area (Å²) >= 11 is 1.66. The van der Waals surface area contributed by atoms with Crippen LogP contribution in [0.1, 0.15) is 10.9 Å². The standard InChI is InChI=1S/C20H22N2O3S2/c23-27(24,20-9-3-6-16-5-1-2-7-17(16)20)21-15-18(19-8-4-14-26-19)22-10-12-25-13-11-22/h1-9,14,18,21H,10-13,15H2. The van der Waals surface area contributed by atoms with Gasteiger partial charge in [0.05, 0.1) is 24.2 Å². The first-order chi connectivity index (χ1) is 13.1. The number of rotatable bonds is 6. The molecule has 1 fully saturated rings. The number of hydrogen-bond acceptors (Lipinski definition) is 5. The van der Waals surface area contributed by atoms with Crippen molar-refractivity contribution in [3.8, 4) is 0 Å². The highest BCUT2D eigenvalue weighted by Crippen LogP contribution is 2.27. The lowest BCUT2D eigenvalue weighted by Crippen LogP contribution is -2.43. The molecular formula is C20H22N2O3S2. The third kappa shape index (κ3) is 4.07. The fraction of sp³-hybridized carbons (Fsp3) is 0.300. The van der Waals surface area contributed by atoms with Crippen molar-refractivity contribution in [3.05, 3.63) is 64.9 Å². The van der Waals surface area contributed by atoms with Crippen molar-refractivity contribution in [2.75, 3.05) is 32.8 Å². The number of morpholine rings is 1. The second-order valence-corrected chi connectivity index (χ2v) is 9.22. The van der Waals surface area contributed by atoms with Crippen molar-refractivity contribution < 1.29 is 13.2 Å². The van der Waals surface area contributed by atoms with Gasteiger partial charge in [0.25, 0.3) is 0 Å². The molecule has 5 nitrogen and oxygen atoms in total. The van der Waals surface area contributed by atoms with Gasteiger partial charge in [-0.05, 0) is 22.9 Å². The van der Waals surface area contributed by atoms with E-state index in [9.17, 15) is 8.42 Å². The Hall–Kier alpha value is -1.77. The van der Waals surface area contributed by atoms with Crippen LogP contribution in [0, 0.1) is 0 Å². The molecule has 1 unspecified atom stereocenters. The molecule has 3 aromatic rings. The number of ether oxygens (including phenoxy) is 1. The second kappa shape index (κ2) is 8.08. The lowest BCUT2D eigenvalue weighted by molar-refractivity contribution is 0.0179. The zero-order valence-electron chi connectivity index (χ0n) is 14.9. The van der Waals surface area contributed by atoms with Crippen LogP contribution in [0.25, 0.3) is 10.8 Å². The minimum absolute atomic E-state index is 0.0126. The van der Waals surface area contributed by atoms with Crippen LogP contribution in [-0.4, -0.2) is 46.2 Å². The van der Waals surface area contributed by atoms with E-state index >= 15 is 0 Å². The van der Waals surface area contributed by atoms with Gasteiger partial charge >= 0.3 is 0 Å². The van der Waals surface area contributed by atoms with Crippen LogP contribution >= 0.6 is 11.3 Å². The quantitative estimate of drug-likeness (QED) is 0.688. The van der Waals surface area contributed by atoms with E-state index in [1.54, 1.807) is 23.5 Å². The molecular weight excluding hydrogens is 380 g/mol. The largest absolute Gasteiger partial charge is 0.379 e. The maximum atomic E-state index is 13.1. The summed E-state index contributed by atoms with van der Waals surface area (Å²) in [7, 11) is -3.61. The molecule has 0 bridgehead atoms. The summed E-state index contributed by atoms with van der Waals surface area (Å²) < 4.78 is 34.4. The minimum Gasteiger partial charge on any atom is -0.379 e. The zero-order valence-corrected chi connectivity index (χ0v) is 16.5. The number of fused-ring (bicyclic) bond motifs is 1. The van der Waals surface area contributed by atoms with Gasteiger partial charge in [-0.2, -0.15) is 0 Å². The predicted octanol–water partition coefficient (Wildman–Crippen LogP) is 3.25. The van der Waals surface area contributed by atoms with E-state index in [1.807, 2.05) is 41.8 Å². The van der Waals surface area contributed by atoms with Crippen molar-refractivity contribution >= 4 is 32.1 Å². The molecule has 2 heterocycles. The first-order valence-corrected chi connectivity index (χ1v) is 11.3. The third-order valence-corrected chi connectivity index (χ3v) is 7.32. The Morgan fingerprint density at radius 2 is 1.81 bits per heavy atom. The Morgan fingerprint density at radius 3 is 2.59 bits per heavy atom. The van der Waals surface area contributed by atoms with Crippen LogP contribution in [0.3, 0.4) is 0 Å². The van der Waals surface area contributed by atoms with Crippen LogP contribution in [0.4, 0.5) is 0 Å². The molecule has 2 aromatic carbocycles. The molecule has 0 aliphatic carbocycles. The normalized spacial score (nSPS) is 17.2. The predicted molar refractivity (Wildman–Crippen MR) is 109 cm³/mol. The summed E-state index contributed by atoms with van der Waals surface area (Å²) in [5, 5.41) is 3.69. The number of sulfonamides is 1. The number of hydrogen-bond donors (Lipinski definition) is 1. The molecule has 0 radical (unpaired) electrons. The molecule has 0 saturated carbocycles. The van der Waals surface area contributed by atoms with Gasteiger partial charge in [-0.15, -0.1) is 11.3 Å². The van der Waals surface area contributed by atoms with Gasteiger partial charge in [0, 0.05) is 29.9 Å². The maximum absolute atomic E-state index is 13.1. The first-order valence-electron chi connectivity index (χ1n) is 8.98. The molecule has 1 aliphatic rings. The summed E-state index contributed by atoms with van der Waals surface area (Å²) in [4.78, 5) is 3.78. The van der Waals surface area contributed by atoms with E-state index in [4.69, 9.17) is 4.74 Å². The van der Waals surface area contributed by atoms with Crippen molar-refractivity contribution in [3.63, 3.8) is 0 Å². The lowest BCUT2D eigenvalue weighted by Gasteiger charge is -2.34. The molecule has 142 valence electrons. The van der Waals surface area contributed by atoms with E-state index < -0.39 is 10.0 Å². The van der Waals surface area contributed by atoms with Gasteiger partial charge in [0.1, 0.15) is 0 Å². The SMILES string of the molecule is O=S(=O)(NCC(c1cccs1)N1CCOCC1)c1cccc2ccccc12. The summed E-state index contributed by atoms with van der Waals surface area (Å²) in [5.74, 6) is 0. The average Bonchev–Trinajstić information content (AvgIpc) is 3.23. The van der Waals surface area contributed by atoms with Gasteiger partial charge in [0.2, 0.25) is 10.0 Å². The van der Waals surface area contributed by atoms with Crippen LogP contribution in [-0.2, 0) is 14.8 Å². The summed E-state index contributed by atoms with van der Waals surface area (Å²) in [6, 6.07) is 17.0. The highest BCUT2D eigenvalue weighted by molar-refractivity contribution is 7.89. The van der Waals surface area contributed by atoms with E-state index in [0.717, 1.165) is 28.7 Å². The van der Waals surface area contributed by atoms with Crippen LogP contribution in [0.15, 0.2) is 64.9 Å². The minimum atomic E-state index is -3.61. The highest BCUT2D eigenvalue weighted by atomic mass is 32.2. The van der Waals surface area contributed by atoms with Gasteiger partial charge < -0.3 is 4.74 Å². The molecule has 4 rings (SSSR count). The van der Waals surface area contributed by atoms with Crippen molar-refractivity contribution in [2.45, 2.75) is 10.9 Å². The van der Waals surface area contributed by atoms with Crippen LogP contribution in [0.2, 0.25) is 0 Å². The van der Waals surface area contributed by atoms with E-state index in [-0.39, 0.29) is 6.04 Å². The topological polar surface area (TPSA) is 58.6 Å². The Labute approximate surface area is 163 Å². The lowest BCUT2D eigenvalue weighted by atomic mass is 10.1. The molecule has 1 saturated heterocycles. The molecule has 1 aromatic heterocycles. The Kier molecular flexibility index (Phi) is 5.56. The van der Waals surface area contributed by atoms with E-state index in [1.165, 1.54) is 0 Å². The Bertz CT molecular complexity index is 992. The highest BCUT2D eigenvalue weighted by Gasteiger charge is 2.26. The summed E-state index contributed by atoms with van der Waals surface area (Å²) in [6.07, 6.45) is 0. The fourth-order valence-electron chi connectivity index (χ4n) is 3.48. The fourth-order valence-corrected chi connectivity index (χ4v) is 5.60. The van der Waals surface area contributed by atoms with Gasteiger partial charge in [-0.1, -0.05) is 42.5 Å². The van der Waals surface area contributed by atoms with Crippen LogP contribution in [0.5, 0.6) is 0 Å². The molecule has 1 atom stereocenters. The van der Waals surface area contributed by atoms with E-state index in [2.05, 4.69) is 15.7 Å². The van der Waals surface area contributed by atoms with Crippen molar-refractivity contribution in [2.24, 2.45) is 0 Å². The zero-order chi connectivity index (χ0) is 18.7. The van der Waals surface area contributed by atoms with Gasteiger partial charge in [-0.3, -0.25) is 4.90 Å². The molecule has 0 amide bonds. The smallest absolute Gasteiger partial charge is 0.241 e. The van der Waals surface area contributed by atoms with E-state index in [0.29, 0.717) is 24.7 Å². The first kappa shape index (κ1) is 18.6. The number of thiophene rings is 1. The van der Waals surface area contributed by atoms with Gasteiger partial charge in [0.15, 0.2) is 0 Å². The molecule has 7 heteroatoms. The second-order valence-electron chi connectivity index (χ2n) is 6.51. The van der Waals surface area contributed by atoms with Gasteiger partial charge in [-0.25, -0.2) is 13.1 Å². The summed E-state index contributed by atoms with van der Waals surface area (Å²) in [6.45, 7) is 3.30. The number of benzene rings is 2. The van der Waals surface area contributed by atoms with Crippen molar-refractivity contribution in [1.82, 2.24) is 9.62 Å². The maximum Gasteiger partial charge on any atom is 0.241 e. The molecule has 1 aliphatic heterocycles. The Balaban J connectivity index is 1.59. The Morgan fingerprint density at radius 1 is 1.04 bits per heavy atom. The van der Waals surface area contributed by atoms with Crippen molar-refractivity contribution in [1.29, 1.82) is 0 Å². The molecule has 27 heavy (non-hydrogen) atoms. The summed E-state index contributed by atoms with van der Waals surface area (Å²) in [5.41, 5.74) is 0. The average molecular weight is 403 g/mol. The number of nitrogens with one attached hydrogen (secondary N) is 1. The van der Waals surface area contributed by atoms with Crippen LogP contribution < -0.4 is 4.72 Å². The molecule has 0 spiro atoms. The monoisotopic (exact) mass is 402 g/mol.